The number of rotatable bonds is 3. The minimum Gasteiger partial charge on any atom is -0.234 e. The van der Waals surface area contributed by atoms with Crippen molar-refractivity contribution in [1.82, 2.24) is 0 Å². The molecule has 0 N–H and O–H groups in total. The number of allylic oxidation sites excluding steroid dienone is 1. The first-order valence-corrected chi connectivity index (χ1v) is 4.44. The Hall–Kier alpha value is -0.810. The van der Waals surface area contributed by atoms with Crippen molar-refractivity contribution >= 4 is 11.6 Å². The van der Waals surface area contributed by atoms with Crippen LogP contribution in [0.5, 0.6) is 0 Å². The molecule has 0 aliphatic heterocycles. The highest BCUT2D eigenvalue weighted by Gasteiger charge is 2.86. The van der Waals surface area contributed by atoms with E-state index in [2.05, 4.69) is 11.6 Å². The van der Waals surface area contributed by atoms with Crippen LogP contribution in [0, 0.1) is 0 Å². The first-order chi connectivity index (χ1) is 8.51. The van der Waals surface area contributed by atoms with Gasteiger partial charge in [-0.3, -0.25) is 0 Å². The quantitative estimate of drug-likeness (QED) is 0.620. The van der Waals surface area contributed by atoms with Crippen LogP contribution in [0.1, 0.15) is 0 Å². The summed E-state index contributed by atoms with van der Waals surface area (Å²) in [6, 6.07) is 0. The van der Waals surface area contributed by atoms with Gasteiger partial charge >= 0.3 is 23.9 Å². The van der Waals surface area contributed by atoms with Gasteiger partial charge in [-0.2, -0.15) is 43.9 Å². The maximum Gasteiger partial charge on any atom is 0.437 e. The Morgan fingerprint density at radius 2 is 1.05 bits per heavy atom. The molecule has 1 atom stereocenters. The summed E-state index contributed by atoms with van der Waals surface area (Å²) < 4.78 is 146. The number of hydrogen-bond donors (Lipinski definition) is 0. The van der Waals surface area contributed by atoms with Gasteiger partial charge < -0.3 is 0 Å². The Kier molecular flexibility index (Phi) is 4.98. The lowest BCUT2D eigenvalue weighted by atomic mass is 9.92. The van der Waals surface area contributed by atoms with Gasteiger partial charge in [0.1, 0.15) is 5.03 Å². The molecule has 20 heavy (non-hydrogen) atoms. The third-order valence-corrected chi connectivity index (χ3v) is 2.30. The predicted molar refractivity (Wildman–Crippen MR) is 40.9 cm³/mol. The van der Waals surface area contributed by atoms with E-state index in [0.29, 0.717) is 0 Å². The first kappa shape index (κ1) is 19.2. The standard InChI is InChI=1S/C7HClF12/c8-1(3(10)11)2(9)4(12,13)5(14,6(15,16)17)7(18,19)20/h2H. The fourth-order valence-corrected chi connectivity index (χ4v) is 1.11. The smallest absolute Gasteiger partial charge is 0.234 e. The SMILES string of the molecule is FC(F)=C(Cl)C(F)C(F)(F)C(F)(C(F)(F)F)C(F)(F)F. The molecule has 0 fully saturated rings. The molecule has 0 saturated carbocycles. The van der Waals surface area contributed by atoms with Crippen molar-refractivity contribution in [3.05, 3.63) is 11.1 Å². The van der Waals surface area contributed by atoms with Crippen LogP contribution in [-0.2, 0) is 0 Å². The van der Waals surface area contributed by atoms with Gasteiger partial charge in [-0.25, -0.2) is 8.78 Å². The van der Waals surface area contributed by atoms with Crippen molar-refractivity contribution < 1.29 is 52.7 Å². The molecule has 0 amide bonds. The lowest BCUT2D eigenvalue weighted by molar-refractivity contribution is -0.402. The van der Waals surface area contributed by atoms with Crippen molar-refractivity contribution in [2.75, 3.05) is 0 Å². The number of alkyl halides is 10. The first-order valence-electron chi connectivity index (χ1n) is 4.06. The molecule has 0 spiro atoms. The summed E-state index contributed by atoms with van der Waals surface area (Å²) in [5.74, 6) is -6.97. The van der Waals surface area contributed by atoms with Gasteiger partial charge in [0.25, 0.3) is 6.08 Å². The van der Waals surface area contributed by atoms with E-state index in [4.69, 9.17) is 0 Å². The minimum atomic E-state index is -7.40. The van der Waals surface area contributed by atoms with Gasteiger partial charge in [0.2, 0.25) is 6.17 Å². The van der Waals surface area contributed by atoms with Crippen LogP contribution in [0.25, 0.3) is 0 Å². The summed E-state index contributed by atoms with van der Waals surface area (Å²) in [5, 5.41) is -2.97. The molecule has 0 nitrogen and oxygen atoms in total. The van der Waals surface area contributed by atoms with Crippen LogP contribution in [0.15, 0.2) is 11.1 Å². The van der Waals surface area contributed by atoms with Crippen LogP contribution < -0.4 is 0 Å². The topological polar surface area (TPSA) is 0 Å². The number of hydrogen-bond acceptors (Lipinski definition) is 0. The van der Waals surface area contributed by atoms with Crippen molar-refractivity contribution in [2.45, 2.75) is 30.1 Å². The molecule has 0 rings (SSSR count). The molecule has 1 unspecified atom stereocenters. The minimum absolute atomic E-state index is 2.97. The summed E-state index contributed by atoms with van der Waals surface area (Å²) in [7, 11) is 0. The van der Waals surface area contributed by atoms with E-state index in [1.54, 1.807) is 0 Å². The second-order valence-electron chi connectivity index (χ2n) is 3.25. The molecule has 0 heterocycles. The van der Waals surface area contributed by atoms with Crippen molar-refractivity contribution in [2.24, 2.45) is 0 Å². The highest BCUT2D eigenvalue weighted by molar-refractivity contribution is 6.30. The lowest BCUT2D eigenvalue weighted by Crippen LogP contribution is -2.67. The van der Waals surface area contributed by atoms with Crippen LogP contribution in [0.2, 0.25) is 0 Å². The Labute approximate surface area is 107 Å². The molecule has 0 aliphatic rings. The molecule has 0 saturated heterocycles. The molecule has 0 aromatic rings. The molecule has 120 valence electrons. The van der Waals surface area contributed by atoms with E-state index in [9.17, 15) is 52.7 Å². The average Bonchev–Trinajstić information content (AvgIpc) is 2.22. The van der Waals surface area contributed by atoms with Gasteiger partial charge in [0.15, 0.2) is 0 Å². The third-order valence-electron chi connectivity index (χ3n) is 1.96. The van der Waals surface area contributed by atoms with Gasteiger partial charge in [-0.1, -0.05) is 11.6 Å². The Morgan fingerprint density at radius 1 is 0.750 bits per heavy atom. The van der Waals surface area contributed by atoms with Crippen LogP contribution in [0.4, 0.5) is 52.7 Å². The summed E-state index contributed by atoms with van der Waals surface area (Å²) in [5.41, 5.74) is -7.40. The summed E-state index contributed by atoms with van der Waals surface area (Å²) in [6.07, 6.45) is -23.2. The Morgan fingerprint density at radius 3 is 1.25 bits per heavy atom. The molecule has 0 radical (unpaired) electrons. The van der Waals surface area contributed by atoms with Gasteiger partial charge in [0.05, 0.1) is 0 Å². The van der Waals surface area contributed by atoms with E-state index in [0.717, 1.165) is 0 Å². The molecule has 13 heteroatoms. The fraction of sp³-hybridized carbons (Fsp3) is 0.714. The Balaban J connectivity index is 6.16. The largest absolute Gasteiger partial charge is 0.437 e. The van der Waals surface area contributed by atoms with E-state index in [1.165, 1.54) is 0 Å². The normalized spacial score (nSPS) is 16.1. The van der Waals surface area contributed by atoms with Gasteiger partial charge in [-0.05, 0) is 0 Å². The fourth-order valence-electron chi connectivity index (χ4n) is 0.968. The molecule has 0 aromatic heterocycles. The van der Waals surface area contributed by atoms with Crippen LogP contribution in [-0.4, -0.2) is 30.1 Å². The molecular formula is C7HClF12. The maximum absolute atomic E-state index is 12.9. The second kappa shape index (κ2) is 5.19. The van der Waals surface area contributed by atoms with E-state index in [1.807, 2.05) is 0 Å². The van der Waals surface area contributed by atoms with Crippen LogP contribution >= 0.6 is 11.6 Å². The monoisotopic (exact) mass is 348 g/mol. The zero-order chi connectivity index (χ0) is 16.7. The van der Waals surface area contributed by atoms with E-state index in [-0.39, 0.29) is 0 Å². The second-order valence-corrected chi connectivity index (χ2v) is 3.66. The number of halogens is 13. The third kappa shape index (κ3) is 2.79. The van der Waals surface area contributed by atoms with Crippen LogP contribution in [0.3, 0.4) is 0 Å². The lowest BCUT2D eigenvalue weighted by Gasteiger charge is -2.37. The van der Waals surface area contributed by atoms with E-state index < -0.39 is 41.2 Å². The maximum atomic E-state index is 12.9. The molecule has 0 aromatic carbocycles. The highest BCUT2D eigenvalue weighted by atomic mass is 35.5. The predicted octanol–water partition coefficient (Wildman–Crippen LogP) is 5.14. The van der Waals surface area contributed by atoms with Crippen molar-refractivity contribution in [3.8, 4) is 0 Å². The summed E-state index contributed by atoms with van der Waals surface area (Å²) in [6.45, 7) is 0. The van der Waals surface area contributed by atoms with E-state index >= 15 is 0 Å². The Bertz CT molecular complexity index is 372. The molecular weight excluding hydrogens is 348 g/mol. The summed E-state index contributed by atoms with van der Waals surface area (Å²) in [4.78, 5) is 0. The molecule has 0 aliphatic carbocycles. The molecule has 0 bridgehead atoms. The van der Waals surface area contributed by atoms with Crippen molar-refractivity contribution in [3.63, 3.8) is 0 Å². The van der Waals surface area contributed by atoms with Gasteiger partial charge in [-0.15, -0.1) is 0 Å². The van der Waals surface area contributed by atoms with Crippen molar-refractivity contribution in [1.29, 1.82) is 0 Å². The van der Waals surface area contributed by atoms with Gasteiger partial charge in [0, 0.05) is 0 Å². The summed E-state index contributed by atoms with van der Waals surface area (Å²) >= 11 is 4.13. The average molecular weight is 349 g/mol. The highest BCUT2D eigenvalue weighted by Crippen LogP contribution is 2.57. The zero-order valence-electron chi connectivity index (χ0n) is 8.49. The zero-order valence-corrected chi connectivity index (χ0v) is 9.25.